The monoisotopic (exact) mass is 316 g/mol. The van der Waals surface area contributed by atoms with Crippen LogP contribution in [0.25, 0.3) is 0 Å². The van der Waals surface area contributed by atoms with E-state index in [-0.39, 0.29) is 5.95 Å². The van der Waals surface area contributed by atoms with Gasteiger partial charge in [0.2, 0.25) is 5.95 Å². The molecule has 0 unspecified atom stereocenters. The van der Waals surface area contributed by atoms with E-state index in [1.807, 2.05) is 0 Å². The van der Waals surface area contributed by atoms with Crippen LogP contribution in [0, 0.1) is 0 Å². The maximum Gasteiger partial charge on any atom is 0.433 e. The van der Waals surface area contributed by atoms with Crippen molar-refractivity contribution in [2.24, 2.45) is 0 Å². The van der Waals surface area contributed by atoms with Gasteiger partial charge in [0.1, 0.15) is 5.69 Å². The van der Waals surface area contributed by atoms with Crippen LogP contribution in [-0.2, 0) is 6.18 Å². The molecular weight excluding hydrogens is 297 g/mol. The zero-order valence-corrected chi connectivity index (χ0v) is 12.2. The Morgan fingerprint density at radius 2 is 1.86 bits per heavy atom. The third-order valence-corrected chi connectivity index (χ3v) is 4.39. The minimum atomic E-state index is -4.45. The summed E-state index contributed by atoms with van der Waals surface area (Å²) in [6.45, 7) is 3.17. The van der Waals surface area contributed by atoms with Crippen molar-refractivity contribution in [3.05, 3.63) is 18.0 Å². The number of hydrogen-bond donors (Lipinski definition) is 1. The Kier molecular flexibility index (Phi) is 3.98. The Hall–Kier alpha value is -1.41. The van der Waals surface area contributed by atoms with Gasteiger partial charge in [-0.25, -0.2) is 9.97 Å². The molecule has 5 nitrogen and oxygen atoms in total. The van der Waals surface area contributed by atoms with Crippen LogP contribution in [0.5, 0.6) is 0 Å². The summed E-state index contributed by atoms with van der Waals surface area (Å²) in [7, 11) is 0. The molecule has 8 heteroatoms. The standard InChI is InChI=1S/C14H19F3N4O/c15-14(16,17)11-2-5-18-12(19-11)21-8-6-20(7-9-21)10-13(22)3-1-4-13/h2,5,22H,1,3-4,6-10H2. The molecule has 1 saturated heterocycles. The number of rotatable bonds is 3. The third-order valence-electron chi connectivity index (χ3n) is 4.39. The average molecular weight is 316 g/mol. The van der Waals surface area contributed by atoms with Gasteiger partial charge in [-0.1, -0.05) is 0 Å². The predicted octanol–water partition coefficient (Wildman–Crippen LogP) is 1.53. The van der Waals surface area contributed by atoms with Gasteiger partial charge in [-0.2, -0.15) is 13.2 Å². The molecule has 0 bridgehead atoms. The fourth-order valence-electron chi connectivity index (χ4n) is 2.92. The molecule has 1 aliphatic carbocycles. The minimum Gasteiger partial charge on any atom is -0.389 e. The van der Waals surface area contributed by atoms with Crippen molar-refractivity contribution in [3.8, 4) is 0 Å². The molecule has 0 amide bonds. The quantitative estimate of drug-likeness (QED) is 0.916. The summed E-state index contributed by atoms with van der Waals surface area (Å²) in [4.78, 5) is 11.5. The highest BCUT2D eigenvalue weighted by molar-refractivity contribution is 5.31. The van der Waals surface area contributed by atoms with Gasteiger partial charge in [-0.15, -0.1) is 0 Å². The second-order valence-electron chi connectivity index (χ2n) is 6.08. The van der Waals surface area contributed by atoms with E-state index in [1.165, 1.54) is 0 Å². The Balaban J connectivity index is 1.59. The fourth-order valence-corrected chi connectivity index (χ4v) is 2.92. The van der Waals surface area contributed by atoms with Crippen LogP contribution >= 0.6 is 0 Å². The Morgan fingerprint density at radius 1 is 1.18 bits per heavy atom. The van der Waals surface area contributed by atoms with Crippen LogP contribution in [0.3, 0.4) is 0 Å². The zero-order valence-electron chi connectivity index (χ0n) is 12.2. The molecule has 2 aliphatic rings. The molecular formula is C14H19F3N4O. The van der Waals surface area contributed by atoms with E-state index in [1.54, 1.807) is 4.90 Å². The smallest absolute Gasteiger partial charge is 0.389 e. The van der Waals surface area contributed by atoms with Crippen LogP contribution in [0.2, 0.25) is 0 Å². The molecule has 1 saturated carbocycles. The largest absolute Gasteiger partial charge is 0.433 e. The predicted molar refractivity (Wildman–Crippen MR) is 74.5 cm³/mol. The van der Waals surface area contributed by atoms with Gasteiger partial charge >= 0.3 is 6.18 Å². The molecule has 1 aromatic heterocycles. The van der Waals surface area contributed by atoms with Crippen molar-refractivity contribution in [1.82, 2.24) is 14.9 Å². The van der Waals surface area contributed by atoms with Crippen molar-refractivity contribution >= 4 is 5.95 Å². The number of halogens is 3. The lowest BCUT2D eigenvalue weighted by Gasteiger charge is -2.43. The lowest BCUT2D eigenvalue weighted by atomic mass is 9.80. The summed E-state index contributed by atoms with van der Waals surface area (Å²) in [5.41, 5.74) is -1.47. The zero-order chi connectivity index (χ0) is 15.8. The number of hydrogen-bond acceptors (Lipinski definition) is 5. The van der Waals surface area contributed by atoms with Gasteiger partial charge in [0.15, 0.2) is 0 Å². The van der Waals surface area contributed by atoms with E-state index < -0.39 is 17.5 Å². The summed E-state index contributed by atoms with van der Waals surface area (Å²) in [5.74, 6) is 0.122. The Labute approximate surface area is 126 Å². The molecule has 122 valence electrons. The number of nitrogens with zero attached hydrogens (tertiary/aromatic N) is 4. The minimum absolute atomic E-state index is 0.122. The molecule has 0 spiro atoms. The number of anilines is 1. The number of aliphatic hydroxyl groups is 1. The number of alkyl halides is 3. The van der Waals surface area contributed by atoms with Crippen molar-refractivity contribution in [3.63, 3.8) is 0 Å². The highest BCUT2D eigenvalue weighted by atomic mass is 19.4. The second kappa shape index (κ2) is 5.66. The molecule has 1 N–H and O–H groups in total. The van der Waals surface area contributed by atoms with Crippen LogP contribution < -0.4 is 4.90 Å². The van der Waals surface area contributed by atoms with E-state index >= 15 is 0 Å². The van der Waals surface area contributed by atoms with Gasteiger partial charge < -0.3 is 10.0 Å². The second-order valence-corrected chi connectivity index (χ2v) is 6.08. The Bertz CT molecular complexity index is 525. The van der Waals surface area contributed by atoms with Crippen molar-refractivity contribution in [2.75, 3.05) is 37.6 Å². The molecule has 22 heavy (non-hydrogen) atoms. The number of β-amino-alcohol motifs (C(OH)–C–C–N with tert-alkyl or cyclic N) is 1. The first-order valence-electron chi connectivity index (χ1n) is 7.46. The SMILES string of the molecule is OC1(CN2CCN(c3nccc(C(F)(F)F)n3)CC2)CCC1. The topological polar surface area (TPSA) is 52.5 Å². The number of piperazine rings is 1. The molecule has 0 radical (unpaired) electrons. The van der Waals surface area contributed by atoms with Crippen molar-refractivity contribution in [1.29, 1.82) is 0 Å². The molecule has 2 fully saturated rings. The number of aromatic nitrogens is 2. The van der Waals surface area contributed by atoms with Gasteiger partial charge in [0.05, 0.1) is 5.60 Å². The maximum atomic E-state index is 12.7. The fraction of sp³-hybridized carbons (Fsp3) is 0.714. The highest BCUT2D eigenvalue weighted by Gasteiger charge is 2.37. The lowest BCUT2D eigenvalue weighted by Crippen LogP contribution is -2.54. The van der Waals surface area contributed by atoms with Crippen molar-refractivity contribution < 1.29 is 18.3 Å². The first-order valence-corrected chi connectivity index (χ1v) is 7.46. The molecule has 0 aromatic carbocycles. The lowest BCUT2D eigenvalue weighted by molar-refractivity contribution is -0.141. The molecule has 0 atom stereocenters. The summed E-state index contributed by atoms with van der Waals surface area (Å²) in [5, 5.41) is 10.2. The molecule has 2 heterocycles. The molecule has 3 rings (SSSR count). The van der Waals surface area contributed by atoms with E-state index in [0.29, 0.717) is 32.7 Å². The normalized spacial score (nSPS) is 22.5. The van der Waals surface area contributed by atoms with E-state index in [0.717, 1.165) is 31.5 Å². The third kappa shape index (κ3) is 3.33. The highest BCUT2D eigenvalue weighted by Crippen LogP contribution is 2.32. The summed E-state index contributed by atoms with van der Waals surface area (Å²) < 4.78 is 38.1. The summed E-state index contributed by atoms with van der Waals surface area (Å²) in [6, 6.07) is 0.881. The van der Waals surface area contributed by atoms with Gasteiger partial charge in [0.25, 0.3) is 0 Å². The van der Waals surface area contributed by atoms with E-state index in [4.69, 9.17) is 0 Å². The van der Waals surface area contributed by atoms with Gasteiger partial charge in [-0.05, 0) is 25.3 Å². The summed E-state index contributed by atoms with van der Waals surface area (Å²) in [6.07, 6.45) is -0.565. The molecule has 1 aliphatic heterocycles. The average Bonchev–Trinajstić information content (AvgIpc) is 2.46. The first-order chi connectivity index (χ1) is 10.4. The van der Waals surface area contributed by atoms with E-state index in [9.17, 15) is 18.3 Å². The Morgan fingerprint density at radius 3 is 2.41 bits per heavy atom. The van der Waals surface area contributed by atoms with Crippen LogP contribution in [0.4, 0.5) is 19.1 Å². The van der Waals surface area contributed by atoms with Crippen LogP contribution in [0.15, 0.2) is 12.3 Å². The van der Waals surface area contributed by atoms with Gasteiger partial charge in [-0.3, -0.25) is 4.90 Å². The summed E-state index contributed by atoms with van der Waals surface area (Å²) >= 11 is 0. The van der Waals surface area contributed by atoms with E-state index in [2.05, 4.69) is 14.9 Å². The van der Waals surface area contributed by atoms with Crippen molar-refractivity contribution in [2.45, 2.75) is 31.0 Å². The van der Waals surface area contributed by atoms with Crippen LogP contribution in [0.1, 0.15) is 25.0 Å². The maximum absolute atomic E-state index is 12.7. The first kappa shape index (κ1) is 15.5. The van der Waals surface area contributed by atoms with Crippen LogP contribution in [-0.4, -0.2) is 58.3 Å². The molecule has 1 aromatic rings. The van der Waals surface area contributed by atoms with Gasteiger partial charge in [0, 0.05) is 38.9 Å².